The number of nitrogens with zero attached hydrogens (tertiary/aromatic N) is 3. The maximum absolute atomic E-state index is 13.4. The Morgan fingerprint density at radius 2 is 1.77 bits per heavy atom. The second-order valence-corrected chi connectivity index (χ2v) is 8.51. The van der Waals surface area contributed by atoms with Gasteiger partial charge in [-0.15, -0.1) is 11.3 Å². The van der Waals surface area contributed by atoms with Crippen molar-refractivity contribution in [2.24, 2.45) is 5.92 Å². The van der Waals surface area contributed by atoms with Crippen LogP contribution in [0.5, 0.6) is 0 Å². The molecule has 31 heavy (non-hydrogen) atoms. The van der Waals surface area contributed by atoms with Gasteiger partial charge in [0.15, 0.2) is 0 Å². The zero-order chi connectivity index (χ0) is 21.2. The minimum absolute atomic E-state index is 0.0205. The molecular weight excluding hydrogens is 411 g/mol. The van der Waals surface area contributed by atoms with E-state index in [4.69, 9.17) is 0 Å². The fourth-order valence-corrected chi connectivity index (χ4v) is 4.97. The highest BCUT2D eigenvalue weighted by atomic mass is 32.1. The molecule has 5 nitrogen and oxygen atoms in total. The molecule has 5 rings (SSSR count). The van der Waals surface area contributed by atoms with Crippen LogP contribution >= 0.6 is 11.3 Å². The number of rotatable bonds is 4. The summed E-state index contributed by atoms with van der Waals surface area (Å²) < 4.78 is 13.4. The highest BCUT2D eigenvalue weighted by Crippen LogP contribution is 2.38. The van der Waals surface area contributed by atoms with Gasteiger partial charge in [0.2, 0.25) is 5.91 Å². The summed E-state index contributed by atoms with van der Waals surface area (Å²) in [5, 5.41) is 6.06. The van der Waals surface area contributed by atoms with Crippen molar-refractivity contribution in [1.82, 2.24) is 9.97 Å². The van der Waals surface area contributed by atoms with E-state index in [1.807, 2.05) is 30.3 Å². The van der Waals surface area contributed by atoms with Crippen LogP contribution in [0.1, 0.15) is 12.8 Å². The lowest BCUT2D eigenvalue weighted by Crippen LogP contribution is -2.38. The molecule has 0 atom stereocenters. The Kier molecular flexibility index (Phi) is 5.34. The van der Waals surface area contributed by atoms with Gasteiger partial charge in [0.25, 0.3) is 0 Å². The van der Waals surface area contributed by atoms with E-state index >= 15 is 0 Å². The van der Waals surface area contributed by atoms with Gasteiger partial charge in [-0.3, -0.25) is 4.79 Å². The molecule has 0 aliphatic carbocycles. The average molecular weight is 433 g/mol. The first-order valence-electron chi connectivity index (χ1n) is 10.3. The average Bonchev–Trinajstić information content (AvgIpc) is 3.25. The Balaban J connectivity index is 1.36. The molecule has 3 heterocycles. The third-order valence-corrected chi connectivity index (χ3v) is 6.60. The standard InChI is InChI=1S/C24H21FN4OS/c25-18-8-6-16(7-9-18)20-14-31-24-21(20)22(26-15-27-24)29-12-10-17(11-13-29)23(30)28-19-4-2-1-3-5-19/h1-9,14-15,17H,10-13H2,(H,28,30). The molecule has 1 aliphatic rings. The molecule has 0 radical (unpaired) electrons. The van der Waals surface area contributed by atoms with Crippen LogP contribution in [0.15, 0.2) is 66.3 Å². The molecule has 1 N–H and O–H groups in total. The third kappa shape index (κ3) is 4.01. The Morgan fingerprint density at radius 1 is 1.03 bits per heavy atom. The smallest absolute Gasteiger partial charge is 0.227 e. The van der Waals surface area contributed by atoms with Gasteiger partial charge >= 0.3 is 0 Å². The van der Waals surface area contributed by atoms with Crippen LogP contribution in [-0.2, 0) is 4.79 Å². The van der Waals surface area contributed by atoms with Crippen molar-refractivity contribution in [3.8, 4) is 11.1 Å². The number of fused-ring (bicyclic) bond motifs is 1. The third-order valence-electron chi connectivity index (χ3n) is 5.71. The number of thiophene rings is 1. The minimum atomic E-state index is -0.254. The van der Waals surface area contributed by atoms with Crippen molar-refractivity contribution in [3.63, 3.8) is 0 Å². The van der Waals surface area contributed by atoms with Crippen LogP contribution in [-0.4, -0.2) is 29.0 Å². The summed E-state index contributed by atoms with van der Waals surface area (Å²) in [5.74, 6) is 0.678. The summed E-state index contributed by atoms with van der Waals surface area (Å²) in [6, 6.07) is 16.1. The summed E-state index contributed by atoms with van der Waals surface area (Å²) in [7, 11) is 0. The summed E-state index contributed by atoms with van der Waals surface area (Å²) in [5.41, 5.74) is 2.79. The van der Waals surface area contributed by atoms with Gasteiger partial charge in [-0.1, -0.05) is 30.3 Å². The first-order valence-corrected chi connectivity index (χ1v) is 11.2. The fraction of sp³-hybridized carbons (Fsp3) is 0.208. The highest BCUT2D eigenvalue weighted by molar-refractivity contribution is 7.17. The summed E-state index contributed by atoms with van der Waals surface area (Å²) in [6.07, 6.45) is 3.12. The Labute approximate surface area is 183 Å². The number of benzene rings is 2. The maximum atomic E-state index is 13.4. The molecule has 4 aromatic rings. The van der Waals surface area contributed by atoms with Crippen molar-refractivity contribution < 1.29 is 9.18 Å². The number of nitrogens with one attached hydrogen (secondary N) is 1. The molecule has 156 valence electrons. The van der Waals surface area contributed by atoms with Gasteiger partial charge in [-0.05, 0) is 42.7 Å². The van der Waals surface area contributed by atoms with E-state index in [9.17, 15) is 9.18 Å². The monoisotopic (exact) mass is 432 g/mol. The predicted octanol–water partition coefficient (Wildman–Crippen LogP) is 5.35. The molecule has 2 aromatic heterocycles. The summed E-state index contributed by atoms with van der Waals surface area (Å²) in [6.45, 7) is 1.50. The van der Waals surface area contributed by atoms with Gasteiger partial charge in [0, 0.05) is 35.6 Å². The quantitative estimate of drug-likeness (QED) is 0.472. The summed E-state index contributed by atoms with van der Waals surface area (Å²) in [4.78, 5) is 24.8. The number of amides is 1. The molecule has 1 saturated heterocycles. The number of para-hydroxylation sites is 1. The normalized spacial score (nSPS) is 14.7. The van der Waals surface area contributed by atoms with Crippen LogP contribution in [0, 0.1) is 11.7 Å². The van der Waals surface area contributed by atoms with Crippen LogP contribution in [0.2, 0.25) is 0 Å². The molecule has 0 unspecified atom stereocenters. The van der Waals surface area contributed by atoms with Crippen molar-refractivity contribution >= 4 is 39.0 Å². The van der Waals surface area contributed by atoms with Gasteiger partial charge in [0.1, 0.15) is 22.8 Å². The predicted molar refractivity (Wildman–Crippen MR) is 123 cm³/mol. The van der Waals surface area contributed by atoms with Crippen LogP contribution in [0.25, 0.3) is 21.3 Å². The minimum Gasteiger partial charge on any atom is -0.356 e. The van der Waals surface area contributed by atoms with Crippen LogP contribution in [0.4, 0.5) is 15.9 Å². The van der Waals surface area contributed by atoms with Crippen molar-refractivity contribution in [2.75, 3.05) is 23.3 Å². The Bertz CT molecular complexity index is 1200. The largest absolute Gasteiger partial charge is 0.356 e. The summed E-state index contributed by atoms with van der Waals surface area (Å²) >= 11 is 1.56. The first-order chi connectivity index (χ1) is 15.2. The van der Waals surface area contributed by atoms with Crippen molar-refractivity contribution in [3.05, 3.63) is 72.1 Å². The zero-order valence-corrected chi connectivity index (χ0v) is 17.6. The van der Waals surface area contributed by atoms with Crippen LogP contribution < -0.4 is 10.2 Å². The Morgan fingerprint density at radius 3 is 2.52 bits per heavy atom. The number of carbonyl (C=O) groups excluding carboxylic acids is 1. The number of aromatic nitrogens is 2. The number of hydrogen-bond acceptors (Lipinski definition) is 5. The topological polar surface area (TPSA) is 58.1 Å². The van der Waals surface area contributed by atoms with Gasteiger partial charge < -0.3 is 10.2 Å². The van der Waals surface area contributed by atoms with E-state index in [-0.39, 0.29) is 17.6 Å². The fourth-order valence-electron chi connectivity index (χ4n) is 4.06. The number of hydrogen-bond donors (Lipinski definition) is 1. The number of anilines is 2. The van der Waals surface area contributed by atoms with Crippen LogP contribution in [0.3, 0.4) is 0 Å². The number of piperidine rings is 1. The van der Waals surface area contributed by atoms with Crippen molar-refractivity contribution in [1.29, 1.82) is 0 Å². The highest BCUT2D eigenvalue weighted by Gasteiger charge is 2.27. The molecule has 1 amide bonds. The number of carbonyl (C=O) groups is 1. The lowest BCUT2D eigenvalue weighted by atomic mass is 9.95. The second kappa shape index (κ2) is 8.43. The molecule has 7 heteroatoms. The van der Waals surface area contributed by atoms with E-state index in [1.165, 1.54) is 12.1 Å². The SMILES string of the molecule is O=C(Nc1ccccc1)C1CCN(c2ncnc3scc(-c4ccc(F)cc4)c23)CC1. The van der Waals surface area contributed by atoms with E-state index in [0.717, 1.165) is 58.8 Å². The van der Waals surface area contributed by atoms with E-state index in [1.54, 1.807) is 29.8 Å². The molecule has 0 saturated carbocycles. The van der Waals surface area contributed by atoms with E-state index in [0.29, 0.717) is 0 Å². The first kappa shape index (κ1) is 19.6. The van der Waals surface area contributed by atoms with E-state index < -0.39 is 0 Å². The molecule has 0 spiro atoms. The Hall–Kier alpha value is -3.32. The maximum Gasteiger partial charge on any atom is 0.227 e. The van der Waals surface area contributed by atoms with E-state index in [2.05, 4.69) is 25.6 Å². The van der Waals surface area contributed by atoms with Gasteiger partial charge in [-0.2, -0.15) is 0 Å². The molecule has 1 fully saturated rings. The zero-order valence-electron chi connectivity index (χ0n) is 16.8. The lowest BCUT2D eigenvalue weighted by molar-refractivity contribution is -0.120. The second-order valence-electron chi connectivity index (χ2n) is 7.65. The van der Waals surface area contributed by atoms with Gasteiger partial charge in [-0.25, -0.2) is 14.4 Å². The molecule has 2 aromatic carbocycles. The number of halogens is 1. The molecule has 0 bridgehead atoms. The van der Waals surface area contributed by atoms with Gasteiger partial charge in [0.05, 0.1) is 5.39 Å². The lowest BCUT2D eigenvalue weighted by Gasteiger charge is -2.32. The molecule has 1 aliphatic heterocycles. The molecular formula is C24H21FN4OS. The van der Waals surface area contributed by atoms with Crippen molar-refractivity contribution in [2.45, 2.75) is 12.8 Å².